The average molecular weight is 389 g/mol. The third kappa shape index (κ3) is 4.32. The predicted molar refractivity (Wildman–Crippen MR) is 98.1 cm³/mol. The van der Waals surface area contributed by atoms with E-state index in [2.05, 4.69) is 36.1 Å². The Kier molecular flexibility index (Phi) is 5.45. The molecule has 0 bridgehead atoms. The number of aryl methyl sites for hydroxylation is 1. The molecule has 1 aliphatic rings. The zero-order valence-corrected chi connectivity index (χ0v) is 15.3. The number of hydrogen-bond donors (Lipinski definition) is 1. The van der Waals surface area contributed by atoms with Crippen LogP contribution in [0.25, 0.3) is 0 Å². The van der Waals surface area contributed by atoms with Crippen molar-refractivity contribution < 1.29 is 4.79 Å². The van der Waals surface area contributed by atoms with Crippen molar-refractivity contribution in [1.29, 1.82) is 0 Å². The van der Waals surface area contributed by atoms with Crippen molar-refractivity contribution in [2.75, 3.05) is 18.0 Å². The number of carbonyl (C=O) groups is 1. The summed E-state index contributed by atoms with van der Waals surface area (Å²) in [6.07, 6.45) is 3.70. The minimum Gasteiger partial charge on any atom is -0.357 e. The van der Waals surface area contributed by atoms with Crippen LogP contribution in [0.3, 0.4) is 0 Å². The van der Waals surface area contributed by atoms with Gasteiger partial charge in [0, 0.05) is 34.9 Å². The van der Waals surface area contributed by atoms with Crippen LogP contribution in [0.5, 0.6) is 0 Å². The Morgan fingerprint density at radius 3 is 2.58 bits per heavy atom. The van der Waals surface area contributed by atoms with E-state index in [4.69, 9.17) is 0 Å². The van der Waals surface area contributed by atoms with Gasteiger partial charge in [0.1, 0.15) is 11.6 Å². The summed E-state index contributed by atoms with van der Waals surface area (Å²) in [6, 6.07) is 9.30. The van der Waals surface area contributed by atoms with E-state index in [1.54, 1.807) is 12.1 Å². The number of aromatic nitrogens is 2. The summed E-state index contributed by atoms with van der Waals surface area (Å²) >= 11 is 3.37. The van der Waals surface area contributed by atoms with Gasteiger partial charge in [-0.3, -0.25) is 4.79 Å². The number of benzene rings is 1. The molecular weight excluding hydrogens is 368 g/mol. The van der Waals surface area contributed by atoms with Crippen molar-refractivity contribution in [3.05, 3.63) is 51.9 Å². The molecule has 0 aliphatic carbocycles. The summed E-state index contributed by atoms with van der Waals surface area (Å²) in [4.78, 5) is 23.6. The van der Waals surface area contributed by atoms with Gasteiger partial charge in [-0.05, 0) is 50.5 Å². The Morgan fingerprint density at radius 1 is 1.17 bits per heavy atom. The van der Waals surface area contributed by atoms with Crippen LogP contribution in [-0.2, 0) is 6.54 Å². The van der Waals surface area contributed by atoms with E-state index < -0.39 is 0 Å². The number of hydrogen-bond acceptors (Lipinski definition) is 4. The maximum absolute atomic E-state index is 12.2. The fourth-order valence-corrected chi connectivity index (χ4v) is 3.10. The van der Waals surface area contributed by atoms with Crippen LogP contribution in [0.1, 0.15) is 41.1 Å². The van der Waals surface area contributed by atoms with Gasteiger partial charge in [-0.25, -0.2) is 9.97 Å². The van der Waals surface area contributed by atoms with E-state index in [-0.39, 0.29) is 5.91 Å². The van der Waals surface area contributed by atoms with Crippen LogP contribution in [0.2, 0.25) is 0 Å². The Hall–Kier alpha value is -1.95. The molecule has 6 heteroatoms. The van der Waals surface area contributed by atoms with Crippen molar-refractivity contribution in [3.63, 3.8) is 0 Å². The third-order valence-electron chi connectivity index (χ3n) is 4.08. The highest BCUT2D eigenvalue weighted by Gasteiger charge is 2.14. The molecule has 1 saturated heterocycles. The molecule has 0 radical (unpaired) electrons. The second-order valence-electron chi connectivity index (χ2n) is 6.02. The Morgan fingerprint density at radius 2 is 1.88 bits per heavy atom. The average Bonchev–Trinajstić information content (AvgIpc) is 2.60. The van der Waals surface area contributed by atoms with E-state index in [1.807, 2.05) is 25.1 Å². The normalized spacial score (nSPS) is 14.5. The maximum Gasteiger partial charge on any atom is 0.251 e. The zero-order chi connectivity index (χ0) is 16.9. The lowest BCUT2D eigenvalue weighted by molar-refractivity contribution is 0.0950. The lowest BCUT2D eigenvalue weighted by atomic mass is 10.1. The zero-order valence-electron chi connectivity index (χ0n) is 13.8. The number of carbonyl (C=O) groups excluding carboxylic acids is 1. The third-order valence-corrected chi connectivity index (χ3v) is 4.61. The minimum absolute atomic E-state index is 0.118. The number of rotatable bonds is 4. The van der Waals surface area contributed by atoms with Gasteiger partial charge in [0.25, 0.3) is 5.91 Å². The fraction of sp³-hybridized carbons (Fsp3) is 0.389. The van der Waals surface area contributed by atoms with Gasteiger partial charge in [-0.2, -0.15) is 0 Å². The molecule has 1 amide bonds. The molecule has 0 unspecified atom stereocenters. The Bertz CT molecular complexity index is 711. The van der Waals surface area contributed by atoms with Gasteiger partial charge in [-0.15, -0.1) is 0 Å². The lowest BCUT2D eigenvalue weighted by Crippen LogP contribution is -2.31. The first-order valence-electron chi connectivity index (χ1n) is 8.25. The molecule has 1 aromatic carbocycles. The molecule has 1 aliphatic heterocycles. The second-order valence-corrected chi connectivity index (χ2v) is 6.94. The summed E-state index contributed by atoms with van der Waals surface area (Å²) < 4.78 is 0.951. The second kappa shape index (κ2) is 7.75. The highest BCUT2D eigenvalue weighted by molar-refractivity contribution is 9.10. The molecule has 24 heavy (non-hydrogen) atoms. The number of halogens is 1. The van der Waals surface area contributed by atoms with Gasteiger partial charge in [-0.1, -0.05) is 15.9 Å². The molecule has 5 nitrogen and oxygen atoms in total. The van der Waals surface area contributed by atoms with Crippen molar-refractivity contribution in [3.8, 4) is 0 Å². The summed E-state index contributed by atoms with van der Waals surface area (Å²) in [7, 11) is 0. The van der Waals surface area contributed by atoms with Crippen molar-refractivity contribution in [2.45, 2.75) is 32.7 Å². The Labute approximate surface area is 150 Å². The van der Waals surface area contributed by atoms with Crippen molar-refractivity contribution >= 4 is 27.7 Å². The van der Waals surface area contributed by atoms with Crippen molar-refractivity contribution in [1.82, 2.24) is 15.3 Å². The quantitative estimate of drug-likeness (QED) is 0.870. The first-order valence-corrected chi connectivity index (χ1v) is 9.04. The van der Waals surface area contributed by atoms with Gasteiger partial charge in [0.15, 0.2) is 0 Å². The van der Waals surface area contributed by atoms with E-state index in [0.29, 0.717) is 17.9 Å². The van der Waals surface area contributed by atoms with E-state index >= 15 is 0 Å². The van der Waals surface area contributed by atoms with Crippen LogP contribution in [0.4, 0.5) is 5.82 Å². The molecule has 2 aromatic rings. The minimum atomic E-state index is -0.118. The molecule has 3 rings (SSSR count). The topological polar surface area (TPSA) is 58.1 Å². The molecule has 2 heterocycles. The molecule has 1 aromatic heterocycles. The maximum atomic E-state index is 12.2. The fourth-order valence-electron chi connectivity index (χ4n) is 2.84. The van der Waals surface area contributed by atoms with Crippen LogP contribution in [-0.4, -0.2) is 29.0 Å². The molecule has 0 spiro atoms. The van der Waals surface area contributed by atoms with Crippen LogP contribution < -0.4 is 10.2 Å². The van der Waals surface area contributed by atoms with Crippen LogP contribution >= 0.6 is 15.9 Å². The molecule has 0 saturated carbocycles. The first kappa shape index (κ1) is 16.9. The lowest BCUT2D eigenvalue weighted by Gasteiger charge is -2.28. The van der Waals surface area contributed by atoms with Crippen LogP contribution in [0.15, 0.2) is 34.8 Å². The summed E-state index contributed by atoms with van der Waals surface area (Å²) in [5.74, 6) is 1.50. The van der Waals surface area contributed by atoms with Gasteiger partial charge in [0.05, 0.1) is 6.54 Å². The largest absolute Gasteiger partial charge is 0.357 e. The van der Waals surface area contributed by atoms with Crippen molar-refractivity contribution in [2.24, 2.45) is 0 Å². The molecular formula is C18H21BrN4O. The van der Waals surface area contributed by atoms with E-state index in [9.17, 15) is 4.79 Å². The van der Waals surface area contributed by atoms with Crippen LogP contribution in [0, 0.1) is 6.92 Å². The molecule has 126 valence electrons. The van der Waals surface area contributed by atoms with E-state index in [1.165, 1.54) is 19.3 Å². The first-order chi connectivity index (χ1) is 11.6. The summed E-state index contributed by atoms with van der Waals surface area (Å²) in [6.45, 7) is 4.38. The number of anilines is 1. The highest BCUT2D eigenvalue weighted by Crippen LogP contribution is 2.18. The van der Waals surface area contributed by atoms with Gasteiger partial charge >= 0.3 is 0 Å². The summed E-state index contributed by atoms with van der Waals surface area (Å²) in [5.41, 5.74) is 1.56. The standard InChI is InChI=1S/C18H21BrN4O/c1-13-11-17(23-9-3-2-4-10-23)22-16(21-13)12-20-18(24)14-5-7-15(19)8-6-14/h5-8,11H,2-4,9-10,12H2,1H3,(H,20,24). The van der Waals surface area contributed by atoms with Gasteiger partial charge < -0.3 is 10.2 Å². The number of amides is 1. The number of nitrogens with zero attached hydrogens (tertiary/aromatic N) is 3. The van der Waals surface area contributed by atoms with E-state index in [0.717, 1.165) is 29.1 Å². The Balaban J connectivity index is 1.67. The molecule has 0 atom stereocenters. The molecule has 1 fully saturated rings. The number of piperidine rings is 1. The monoisotopic (exact) mass is 388 g/mol. The SMILES string of the molecule is Cc1cc(N2CCCCC2)nc(CNC(=O)c2ccc(Br)cc2)n1. The smallest absolute Gasteiger partial charge is 0.251 e. The highest BCUT2D eigenvalue weighted by atomic mass is 79.9. The number of nitrogens with one attached hydrogen (secondary N) is 1. The van der Waals surface area contributed by atoms with Gasteiger partial charge in [0.2, 0.25) is 0 Å². The molecule has 1 N–H and O–H groups in total. The summed E-state index contributed by atoms with van der Waals surface area (Å²) in [5, 5.41) is 2.89. The predicted octanol–water partition coefficient (Wildman–Crippen LogP) is 3.47.